The number of hydrogen-bond acceptors (Lipinski definition) is 3. The molecule has 0 aromatic heterocycles. The van der Waals surface area contributed by atoms with Gasteiger partial charge in [-0.25, -0.2) is 0 Å². The monoisotopic (exact) mass is 234 g/mol. The molecule has 1 saturated carbocycles. The quantitative estimate of drug-likeness (QED) is 0.717. The molecule has 0 bridgehead atoms. The van der Waals surface area contributed by atoms with Gasteiger partial charge in [0.25, 0.3) is 5.91 Å². The molecule has 1 aromatic rings. The standard InChI is InChI=1S/C13H18N2O2/c14-8-7-13(5-6-13)9-15-12(17)10-1-3-11(16)4-2-10/h1-4,16H,5-9,14H2,(H,15,17). The zero-order valence-electron chi connectivity index (χ0n) is 9.78. The molecular weight excluding hydrogens is 216 g/mol. The topological polar surface area (TPSA) is 75.3 Å². The first kappa shape index (κ1) is 11.9. The van der Waals surface area contributed by atoms with E-state index >= 15 is 0 Å². The Morgan fingerprint density at radius 3 is 2.53 bits per heavy atom. The van der Waals surface area contributed by atoms with Crippen molar-refractivity contribution >= 4 is 5.91 Å². The molecule has 4 nitrogen and oxygen atoms in total. The molecule has 4 heteroatoms. The molecule has 1 amide bonds. The Kier molecular flexibility index (Phi) is 3.33. The largest absolute Gasteiger partial charge is 0.508 e. The van der Waals surface area contributed by atoms with Crippen molar-refractivity contribution < 1.29 is 9.90 Å². The Bertz CT molecular complexity index is 396. The third-order valence-corrected chi connectivity index (χ3v) is 3.39. The molecule has 1 fully saturated rings. The predicted octanol–water partition coefficient (Wildman–Crippen LogP) is 1.25. The fourth-order valence-electron chi connectivity index (χ4n) is 1.98. The van der Waals surface area contributed by atoms with Crippen LogP contribution in [0, 0.1) is 5.41 Å². The lowest BCUT2D eigenvalue weighted by Gasteiger charge is -2.14. The second-order valence-corrected chi connectivity index (χ2v) is 4.77. The van der Waals surface area contributed by atoms with Gasteiger partial charge >= 0.3 is 0 Å². The van der Waals surface area contributed by atoms with Crippen LogP contribution in [-0.4, -0.2) is 24.1 Å². The van der Waals surface area contributed by atoms with Crippen LogP contribution in [0.1, 0.15) is 29.6 Å². The molecule has 17 heavy (non-hydrogen) atoms. The van der Waals surface area contributed by atoms with Crippen LogP contribution < -0.4 is 11.1 Å². The number of carbonyl (C=O) groups is 1. The Hall–Kier alpha value is -1.55. The molecule has 1 aromatic carbocycles. The Balaban J connectivity index is 1.87. The minimum absolute atomic E-state index is 0.0895. The summed E-state index contributed by atoms with van der Waals surface area (Å²) in [6.07, 6.45) is 3.28. The lowest BCUT2D eigenvalue weighted by Crippen LogP contribution is -2.31. The van der Waals surface area contributed by atoms with E-state index < -0.39 is 0 Å². The van der Waals surface area contributed by atoms with E-state index in [-0.39, 0.29) is 17.1 Å². The maximum atomic E-state index is 11.8. The van der Waals surface area contributed by atoms with E-state index in [1.165, 1.54) is 12.1 Å². The first-order chi connectivity index (χ1) is 8.15. The molecule has 0 heterocycles. The second-order valence-electron chi connectivity index (χ2n) is 4.77. The zero-order valence-corrected chi connectivity index (χ0v) is 9.78. The molecular formula is C13H18N2O2. The van der Waals surface area contributed by atoms with Crippen LogP contribution in [0.15, 0.2) is 24.3 Å². The van der Waals surface area contributed by atoms with Gasteiger partial charge in [0.05, 0.1) is 0 Å². The number of nitrogens with one attached hydrogen (secondary N) is 1. The number of phenols is 1. The predicted molar refractivity (Wildman–Crippen MR) is 65.8 cm³/mol. The van der Waals surface area contributed by atoms with Gasteiger partial charge in [-0.3, -0.25) is 4.79 Å². The summed E-state index contributed by atoms with van der Waals surface area (Å²) in [5, 5.41) is 12.1. The van der Waals surface area contributed by atoms with Gasteiger partial charge in [0.2, 0.25) is 0 Å². The normalized spacial score (nSPS) is 16.5. The fraction of sp³-hybridized carbons (Fsp3) is 0.462. The number of aromatic hydroxyl groups is 1. The van der Waals surface area contributed by atoms with Gasteiger partial charge in [0.15, 0.2) is 0 Å². The van der Waals surface area contributed by atoms with Crippen molar-refractivity contribution in [3.63, 3.8) is 0 Å². The Morgan fingerprint density at radius 2 is 2.00 bits per heavy atom. The van der Waals surface area contributed by atoms with Gasteiger partial charge in [-0.05, 0) is 55.5 Å². The average Bonchev–Trinajstić information content (AvgIpc) is 3.08. The first-order valence-electron chi connectivity index (χ1n) is 5.93. The van der Waals surface area contributed by atoms with Gasteiger partial charge in [0.1, 0.15) is 5.75 Å². The zero-order chi connectivity index (χ0) is 12.3. The number of benzene rings is 1. The summed E-state index contributed by atoms with van der Waals surface area (Å²) in [5.74, 6) is 0.0802. The molecule has 1 aliphatic carbocycles. The molecule has 0 aliphatic heterocycles. The van der Waals surface area contributed by atoms with Crippen molar-refractivity contribution in [1.29, 1.82) is 0 Å². The molecule has 0 radical (unpaired) electrons. The van der Waals surface area contributed by atoms with Gasteiger partial charge < -0.3 is 16.2 Å². The van der Waals surface area contributed by atoms with Crippen LogP contribution in [0.25, 0.3) is 0 Å². The van der Waals surface area contributed by atoms with E-state index in [0.29, 0.717) is 18.7 Å². The van der Waals surface area contributed by atoms with Crippen LogP contribution in [0.4, 0.5) is 0 Å². The number of nitrogens with two attached hydrogens (primary N) is 1. The Labute approximate surface area is 101 Å². The third kappa shape index (κ3) is 2.97. The van der Waals surface area contributed by atoms with E-state index in [1.54, 1.807) is 12.1 Å². The van der Waals surface area contributed by atoms with E-state index in [1.807, 2.05) is 0 Å². The summed E-state index contributed by atoms with van der Waals surface area (Å²) in [4.78, 5) is 11.8. The highest BCUT2D eigenvalue weighted by Crippen LogP contribution is 2.47. The van der Waals surface area contributed by atoms with Crippen LogP contribution >= 0.6 is 0 Å². The molecule has 0 unspecified atom stereocenters. The highest BCUT2D eigenvalue weighted by molar-refractivity contribution is 5.94. The molecule has 0 spiro atoms. The summed E-state index contributed by atoms with van der Waals surface area (Å²) in [5.41, 5.74) is 6.37. The van der Waals surface area contributed by atoms with E-state index in [0.717, 1.165) is 19.3 Å². The molecule has 0 saturated heterocycles. The summed E-state index contributed by atoms with van der Waals surface area (Å²) < 4.78 is 0. The number of amides is 1. The number of rotatable bonds is 5. The minimum atomic E-state index is -0.0895. The van der Waals surface area contributed by atoms with Crippen molar-refractivity contribution in [2.24, 2.45) is 11.1 Å². The second kappa shape index (κ2) is 4.75. The molecule has 2 rings (SSSR count). The van der Waals surface area contributed by atoms with Gasteiger partial charge in [0, 0.05) is 12.1 Å². The van der Waals surface area contributed by atoms with Crippen molar-refractivity contribution in [3.05, 3.63) is 29.8 Å². The maximum Gasteiger partial charge on any atom is 0.251 e. The van der Waals surface area contributed by atoms with Gasteiger partial charge in [-0.2, -0.15) is 0 Å². The fourth-order valence-corrected chi connectivity index (χ4v) is 1.98. The molecule has 1 aliphatic rings. The van der Waals surface area contributed by atoms with Gasteiger partial charge in [-0.15, -0.1) is 0 Å². The summed E-state index contributed by atoms with van der Waals surface area (Å²) in [7, 11) is 0. The highest BCUT2D eigenvalue weighted by Gasteiger charge is 2.41. The van der Waals surface area contributed by atoms with Gasteiger partial charge in [-0.1, -0.05) is 0 Å². The smallest absolute Gasteiger partial charge is 0.251 e. The Morgan fingerprint density at radius 1 is 1.35 bits per heavy atom. The molecule has 92 valence electrons. The lowest BCUT2D eigenvalue weighted by molar-refractivity contribution is 0.0944. The summed E-state index contributed by atoms with van der Waals surface area (Å²) in [6, 6.07) is 6.27. The minimum Gasteiger partial charge on any atom is -0.508 e. The highest BCUT2D eigenvalue weighted by atomic mass is 16.3. The SMILES string of the molecule is NCCC1(CNC(=O)c2ccc(O)cc2)CC1. The molecule has 0 atom stereocenters. The van der Waals surface area contributed by atoms with E-state index in [9.17, 15) is 4.79 Å². The average molecular weight is 234 g/mol. The van der Waals surface area contributed by atoms with Crippen LogP contribution in [0.3, 0.4) is 0 Å². The molecule has 4 N–H and O–H groups in total. The number of phenolic OH excluding ortho intramolecular Hbond substituents is 1. The first-order valence-corrected chi connectivity index (χ1v) is 5.93. The summed E-state index contributed by atoms with van der Waals surface area (Å²) >= 11 is 0. The lowest BCUT2D eigenvalue weighted by atomic mass is 10.0. The van der Waals surface area contributed by atoms with Crippen molar-refractivity contribution in [2.45, 2.75) is 19.3 Å². The van der Waals surface area contributed by atoms with Crippen molar-refractivity contribution in [1.82, 2.24) is 5.32 Å². The number of hydrogen-bond donors (Lipinski definition) is 3. The van der Waals surface area contributed by atoms with E-state index in [4.69, 9.17) is 10.8 Å². The van der Waals surface area contributed by atoms with Crippen LogP contribution in [0.2, 0.25) is 0 Å². The third-order valence-electron chi connectivity index (χ3n) is 3.39. The summed E-state index contributed by atoms with van der Waals surface area (Å²) in [6.45, 7) is 1.37. The number of carbonyl (C=O) groups excluding carboxylic acids is 1. The van der Waals surface area contributed by atoms with Crippen molar-refractivity contribution in [3.8, 4) is 5.75 Å². The van der Waals surface area contributed by atoms with E-state index in [2.05, 4.69) is 5.32 Å². The van der Waals surface area contributed by atoms with Crippen LogP contribution in [-0.2, 0) is 0 Å². The maximum absolute atomic E-state index is 11.8. The van der Waals surface area contributed by atoms with Crippen LogP contribution in [0.5, 0.6) is 5.75 Å². The van der Waals surface area contributed by atoms with Crippen molar-refractivity contribution in [2.75, 3.05) is 13.1 Å².